The molecule has 2 rings (SSSR count). The molecular formula is C12H13N3. The van der Waals surface area contributed by atoms with E-state index < -0.39 is 0 Å². The highest BCUT2D eigenvalue weighted by atomic mass is 15.3. The molecule has 3 nitrogen and oxygen atoms in total. The van der Waals surface area contributed by atoms with Crippen LogP contribution in [0.1, 0.15) is 5.82 Å². The minimum Gasteiger partial charge on any atom is -0.307 e. The molecule has 0 atom stereocenters. The molecule has 1 heterocycles. The SMILES string of the molecule is C=CCn1c(C)nnc1-c1ccccc1. The minimum absolute atomic E-state index is 0.739. The zero-order valence-electron chi connectivity index (χ0n) is 8.72. The van der Waals surface area contributed by atoms with Crippen LogP contribution >= 0.6 is 0 Å². The Morgan fingerprint density at radius 3 is 2.67 bits per heavy atom. The first-order valence-electron chi connectivity index (χ1n) is 4.89. The number of hydrogen-bond donors (Lipinski definition) is 0. The van der Waals surface area contributed by atoms with Gasteiger partial charge in [-0.2, -0.15) is 0 Å². The third kappa shape index (κ3) is 1.81. The van der Waals surface area contributed by atoms with Gasteiger partial charge in [0.2, 0.25) is 0 Å². The molecule has 0 aliphatic carbocycles. The van der Waals surface area contributed by atoms with Crippen molar-refractivity contribution in [3.63, 3.8) is 0 Å². The summed E-state index contributed by atoms with van der Waals surface area (Å²) in [5.74, 6) is 1.81. The third-order valence-electron chi connectivity index (χ3n) is 2.28. The predicted molar refractivity (Wildman–Crippen MR) is 60.4 cm³/mol. The molecule has 1 aromatic carbocycles. The normalized spacial score (nSPS) is 10.2. The number of aromatic nitrogens is 3. The van der Waals surface area contributed by atoms with Gasteiger partial charge in [0.05, 0.1) is 0 Å². The van der Waals surface area contributed by atoms with Gasteiger partial charge in [-0.1, -0.05) is 36.4 Å². The van der Waals surface area contributed by atoms with Crippen molar-refractivity contribution in [1.82, 2.24) is 14.8 Å². The lowest BCUT2D eigenvalue weighted by molar-refractivity contribution is 0.789. The molecule has 2 aromatic rings. The summed E-state index contributed by atoms with van der Waals surface area (Å²) >= 11 is 0. The van der Waals surface area contributed by atoms with E-state index in [1.165, 1.54) is 0 Å². The Bertz CT molecular complexity index is 457. The Labute approximate surface area is 89.1 Å². The van der Waals surface area contributed by atoms with Crippen molar-refractivity contribution in [3.8, 4) is 11.4 Å². The van der Waals surface area contributed by atoms with E-state index in [0.717, 1.165) is 23.8 Å². The Kier molecular flexibility index (Phi) is 2.63. The summed E-state index contributed by atoms with van der Waals surface area (Å²) in [6, 6.07) is 10.0. The van der Waals surface area contributed by atoms with Crippen LogP contribution in [0, 0.1) is 6.92 Å². The zero-order valence-corrected chi connectivity index (χ0v) is 8.72. The van der Waals surface area contributed by atoms with Crippen LogP contribution in [0.2, 0.25) is 0 Å². The zero-order chi connectivity index (χ0) is 10.7. The molecule has 76 valence electrons. The highest BCUT2D eigenvalue weighted by molar-refractivity contribution is 5.54. The van der Waals surface area contributed by atoms with Crippen molar-refractivity contribution in [2.24, 2.45) is 0 Å². The first-order chi connectivity index (χ1) is 7.33. The lowest BCUT2D eigenvalue weighted by Crippen LogP contribution is -2.00. The summed E-state index contributed by atoms with van der Waals surface area (Å²) in [6.07, 6.45) is 1.85. The molecule has 0 aliphatic heterocycles. The summed E-state index contributed by atoms with van der Waals surface area (Å²) in [5.41, 5.74) is 1.08. The molecule has 0 fully saturated rings. The molecule has 0 aliphatic rings. The van der Waals surface area contributed by atoms with Gasteiger partial charge in [-0.3, -0.25) is 0 Å². The standard InChI is InChI=1S/C12H13N3/c1-3-9-15-10(2)13-14-12(15)11-7-5-4-6-8-11/h3-8H,1,9H2,2H3. The monoisotopic (exact) mass is 199 g/mol. The van der Waals surface area contributed by atoms with E-state index in [4.69, 9.17) is 0 Å². The van der Waals surface area contributed by atoms with Crippen molar-refractivity contribution in [3.05, 3.63) is 48.8 Å². The lowest BCUT2D eigenvalue weighted by Gasteiger charge is -2.04. The van der Waals surface area contributed by atoms with Crippen LogP contribution in [-0.2, 0) is 6.54 Å². The second-order valence-electron chi connectivity index (χ2n) is 3.34. The smallest absolute Gasteiger partial charge is 0.164 e. The van der Waals surface area contributed by atoms with E-state index in [0.29, 0.717) is 0 Å². The van der Waals surface area contributed by atoms with Crippen LogP contribution in [0.15, 0.2) is 43.0 Å². The van der Waals surface area contributed by atoms with E-state index in [2.05, 4.69) is 16.8 Å². The van der Waals surface area contributed by atoms with Gasteiger partial charge in [-0.15, -0.1) is 16.8 Å². The van der Waals surface area contributed by atoms with E-state index in [1.54, 1.807) is 0 Å². The number of rotatable bonds is 3. The van der Waals surface area contributed by atoms with Crippen LogP contribution in [0.25, 0.3) is 11.4 Å². The maximum absolute atomic E-state index is 4.17. The fraction of sp³-hybridized carbons (Fsp3) is 0.167. The van der Waals surface area contributed by atoms with E-state index >= 15 is 0 Å². The quantitative estimate of drug-likeness (QED) is 0.711. The van der Waals surface area contributed by atoms with Gasteiger partial charge >= 0.3 is 0 Å². The van der Waals surface area contributed by atoms with Gasteiger partial charge in [0.15, 0.2) is 5.82 Å². The fourth-order valence-electron chi connectivity index (χ4n) is 1.53. The van der Waals surface area contributed by atoms with Crippen LogP contribution in [0.5, 0.6) is 0 Å². The minimum atomic E-state index is 0.739. The number of nitrogens with zero attached hydrogens (tertiary/aromatic N) is 3. The fourth-order valence-corrected chi connectivity index (χ4v) is 1.53. The molecule has 0 amide bonds. The summed E-state index contributed by atoms with van der Waals surface area (Å²) in [4.78, 5) is 0. The Hall–Kier alpha value is -1.90. The second kappa shape index (κ2) is 4.09. The predicted octanol–water partition coefficient (Wildman–Crippen LogP) is 2.44. The first kappa shape index (κ1) is 9.65. The molecule has 0 radical (unpaired) electrons. The van der Waals surface area contributed by atoms with Gasteiger partial charge in [-0.05, 0) is 6.92 Å². The van der Waals surface area contributed by atoms with Crippen LogP contribution in [-0.4, -0.2) is 14.8 Å². The number of hydrogen-bond acceptors (Lipinski definition) is 2. The molecule has 0 bridgehead atoms. The largest absolute Gasteiger partial charge is 0.307 e. The molecule has 0 saturated carbocycles. The topological polar surface area (TPSA) is 30.7 Å². The van der Waals surface area contributed by atoms with Crippen molar-refractivity contribution in [2.75, 3.05) is 0 Å². The number of benzene rings is 1. The Morgan fingerprint density at radius 1 is 1.27 bits per heavy atom. The molecule has 0 spiro atoms. The van der Waals surface area contributed by atoms with E-state index in [-0.39, 0.29) is 0 Å². The van der Waals surface area contributed by atoms with Crippen LogP contribution in [0.4, 0.5) is 0 Å². The highest BCUT2D eigenvalue weighted by Gasteiger charge is 2.08. The second-order valence-corrected chi connectivity index (χ2v) is 3.34. The summed E-state index contributed by atoms with van der Waals surface area (Å²) in [7, 11) is 0. The molecule has 3 heteroatoms. The molecule has 0 unspecified atom stereocenters. The highest BCUT2D eigenvalue weighted by Crippen LogP contribution is 2.17. The van der Waals surface area contributed by atoms with Crippen LogP contribution in [0.3, 0.4) is 0 Å². The molecular weight excluding hydrogens is 186 g/mol. The summed E-state index contributed by atoms with van der Waals surface area (Å²) < 4.78 is 2.04. The van der Waals surface area contributed by atoms with E-state index in [9.17, 15) is 0 Å². The van der Waals surface area contributed by atoms with Gasteiger partial charge in [0.1, 0.15) is 5.82 Å². The van der Waals surface area contributed by atoms with Crippen molar-refractivity contribution in [2.45, 2.75) is 13.5 Å². The van der Waals surface area contributed by atoms with Crippen molar-refractivity contribution in [1.29, 1.82) is 0 Å². The summed E-state index contributed by atoms with van der Waals surface area (Å²) in [6.45, 7) is 6.42. The third-order valence-corrected chi connectivity index (χ3v) is 2.28. The molecule has 0 saturated heterocycles. The summed E-state index contributed by atoms with van der Waals surface area (Å²) in [5, 5.41) is 8.25. The number of aryl methyl sites for hydroxylation is 1. The maximum atomic E-state index is 4.17. The molecule has 0 N–H and O–H groups in total. The van der Waals surface area contributed by atoms with Gasteiger partial charge in [0, 0.05) is 12.1 Å². The maximum Gasteiger partial charge on any atom is 0.164 e. The van der Waals surface area contributed by atoms with Gasteiger partial charge < -0.3 is 4.57 Å². The Morgan fingerprint density at radius 2 is 2.00 bits per heavy atom. The molecule has 1 aromatic heterocycles. The average Bonchev–Trinajstić information content (AvgIpc) is 2.63. The number of allylic oxidation sites excluding steroid dienone is 1. The van der Waals surface area contributed by atoms with Crippen molar-refractivity contribution >= 4 is 0 Å². The van der Waals surface area contributed by atoms with Crippen molar-refractivity contribution < 1.29 is 0 Å². The van der Waals surface area contributed by atoms with E-state index in [1.807, 2.05) is 47.9 Å². The van der Waals surface area contributed by atoms with Gasteiger partial charge in [-0.25, -0.2) is 0 Å². The Balaban J connectivity index is 2.49. The molecule has 15 heavy (non-hydrogen) atoms. The lowest BCUT2D eigenvalue weighted by atomic mass is 10.2. The van der Waals surface area contributed by atoms with Gasteiger partial charge in [0.25, 0.3) is 0 Å². The average molecular weight is 199 g/mol. The first-order valence-corrected chi connectivity index (χ1v) is 4.89. The van der Waals surface area contributed by atoms with Crippen LogP contribution < -0.4 is 0 Å².